The number of ether oxygens (including phenoxy) is 2. The fraction of sp³-hybridized carbons (Fsp3) is 0.500. The quantitative estimate of drug-likeness (QED) is 0.130. The first kappa shape index (κ1) is 44.0. The van der Waals surface area contributed by atoms with Crippen molar-refractivity contribution in [3.63, 3.8) is 0 Å². The van der Waals surface area contributed by atoms with Crippen LogP contribution in [0.4, 0.5) is 4.39 Å². The number of aliphatic hydroxyl groups excluding tert-OH is 1. The van der Waals surface area contributed by atoms with Crippen LogP contribution in [0.1, 0.15) is 71.9 Å². The normalized spacial score (nSPS) is 12.8. The minimum Gasteiger partial charge on any atom is -0.495 e. The van der Waals surface area contributed by atoms with Crippen LogP contribution in [0.15, 0.2) is 54.6 Å². The summed E-state index contributed by atoms with van der Waals surface area (Å²) >= 11 is 5.80. The molecule has 5 N–H and O–H groups in total. The Morgan fingerprint density at radius 3 is 2.17 bits per heavy atom. The van der Waals surface area contributed by atoms with Gasteiger partial charge in [0.2, 0.25) is 11.8 Å². The van der Waals surface area contributed by atoms with Crippen molar-refractivity contribution in [1.29, 1.82) is 0 Å². The fourth-order valence-corrected chi connectivity index (χ4v) is 4.23. The summed E-state index contributed by atoms with van der Waals surface area (Å²) < 4.78 is 22.7. The van der Waals surface area contributed by atoms with Crippen LogP contribution in [0.3, 0.4) is 0 Å². The van der Waals surface area contributed by atoms with Crippen molar-refractivity contribution in [2.24, 2.45) is 23.0 Å². The van der Waals surface area contributed by atoms with Crippen LogP contribution < -0.4 is 15.8 Å². The fourth-order valence-electron chi connectivity index (χ4n) is 3.92. The Bertz CT molecular complexity index is 1330. The van der Waals surface area contributed by atoms with Gasteiger partial charge >= 0.3 is 11.9 Å². The topological polar surface area (TPSA) is 165 Å². The minimum absolute atomic E-state index is 0.0996. The molecule has 2 rings (SSSR count). The molecule has 2 aromatic rings. The van der Waals surface area contributed by atoms with Crippen LogP contribution in [0.25, 0.3) is 0 Å². The Kier molecular flexibility index (Phi) is 20.7. The SMILES string of the molecule is CC(=O)NCC(C)(C)C(=O)OC(CC(C)C)C(=O)O.CC(CC/C=C/C(N)=O)C(O)Cc1ccc(F)cc1.COc1ccc(C)cc1Cl. The Morgan fingerprint density at radius 1 is 1.08 bits per heavy atom. The number of carbonyl (C=O) groups excluding carboxylic acids is 3. The van der Waals surface area contributed by atoms with Gasteiger partial charge in [0, 0.05) is 13.5 Å². The highest BCUT2D eigenvalue weighted by Crippen LogP contribution is 2.24. The van der Waals surface area contributed by atoms with Gasteiger partial charge in [0.05, 0.1) is 23.7 Å². The van der Waals surface area contributed by atoms with E-state index in [-0.39, 0.29) is 36.5 Å². The van der Waals surface area contributed by atoms with Crippen molar-refractivity contribution >= 4 is 35.4 Å². The summed E-state index contributed by atoms with van der Waals surface area (Å²) in [5, 5.41) is 22.2. The molecule has 0 aliphatic heterocycles. The summed E-state index contributed by atoms with van der Waals surface area (Å²) in [4.78, 5) is 44.3. The van der Waals surface area contributed by atoms with E-state index in [1.165, 1.54) is 25.1 Å². The van der Waals surface area contributed by atoms with Gasteiger partial charge in [0.1, 0.15) is 11.6 Å². The molecule has 3 atom stereocenters. The molecule has 0 saturated heterocycles. The summed E-state index contributed by atoms with van der Waals surface area (Å²) in [7, 11) is 1.61. The van der Waals surface area contributed by atoms with Gasteiger partial charge in [-0.1, -0.05) is 56.6 Å². The summed E-state index contributed by atoms with van der Waals surface area (Å²) in [5.74, 6) is -1.84. The van der Waals surface area contributed by atoms with Gasteiger partial charge in [-0.2, -0.15) is 0 Å². The highest BCUT2D eigenvalue weighted by atomic mass is 35.5. The molecule has 0 bridgehead atoms. The molecule has 0 aromatic heterocycles. The van der Waals surface area contributed by atoms with Crippen LogP contribution in [-0.4, -0.2) is 59.8 Å². The monoisotopic (exact) mass is 694 g/mol. The third-order valence-electron chi connectivity index (χ3n) is 6.94. The van der Waals surface area contributed by atoms with E-state index in [1.807, 2.05) is 45.9 Å². The minimum atomic E-state index is -1.16. The number of hydrogen-bond donors (Lipinski definition) is 4. The zero-order chi connectivity index (χ0) is 37.0. The van der Waals surface area contributed by atoms with E-state index >= 15 is 0 Å². The summed E-state index contributed by atoms with van der Waals surface area (Å²) in [6, 6.07) is 11.8. The molecule has 10 nitrogen and oxygen atoms in total. The molecule has 3 unspecified atom stereocenters. The molecule has 0 aliphatic rings. The molecule has 0 fully saturated rings. The van der Waals surface area contributed by atoms with Crippen molar-refractivity contribution < 1.29 is 43.3 Å². The summed E-state index contributed by atoms with van der Waals surface area (Å²) in [6.45, 7) is 12.3. The van der Waals surface area contributed by atoms with Gasteiger partial charge in [-0.05, 0) is 99.8 Å². The van der Waals surface area contributed by atoms with E-state index in [0.717, 1.165) is 23.3 Å². The summed E-state index contributed by atoms with van der Waals surface area (Å²) in [6.07, 6.45) is 3.65. The maximum atomic E-state index is 12.7. The molecule has 0 saturated carbocycles. The van der Waals surface area contributed by atoms with Crippen LogP contribution in [0.2, 0.25) is 5.02 Å². The van der Waals surface area contributed by atoms with E-state index in [9.17, 15) is 28.7 Å². The predicted molar refractivity (Wildman–Crippen MR) is 185 cm³/mol. The number of benzene rings is 2. The number of primary amides is 1. The third kappa shape index (κ3) is 19.6. The molecule has 0 aliphatic carbocycles. The van der Waals surface area contributed by atoms with Gasteiger partial charge in [-0.3, -0.25) is 14.4 Å². The molecule has 268 valence electrons. The molecule has 2 aromatic carbocycles. The maximum Gasteiger partial charge on any atom is 0.345 e. The number of methoxy groups -OCH3 is 1. The Morgan fingerprint density at radius 2 is 1.69 bits per heavy atom. The second-order valence-corrected chi connectivity index (χ2v) is 13.0. The number of carbonyl (C=O) groups is 4. The highest BCUT2D eigenvalue weighted by Gasteiger charge is 2.34. The Labute approximate surface area is 288 Å². The third-order valence-corrected chi connectivity index (χ3v) is 7.23. The number of hydrogen-bond acceptors (Lipinski definition) is 7. The highest BCUT2D eigenvalue weighted by molar-refractivity contribution is 6.32. The predicted octanol–water partition coefficient (Wildman–Crippen LogP) is 6.04. The van der Waals surface area contributed by atoms with E-state index < -0.39 is 35.5 Å². The molecule has 2 amide bonds. The zero-order valence-electron chi connectivity index (χ0n) is 29.2. The Balaban J connectivity index is 0.000000723. The van der Waals surface area contributed by atoms with Gasteiger partial charge in [-0.25, -0.2) is 9.18 Å². The first-order chi connectivity index (χ1) is 22.3. The number of aryl methyl sites for hydroxylation is 1. The average molecular weight is 695 g/mol. The lowest BCUT2D eigenvalue weighted by atomic mass is 9.93. The van der Waals surface area contributed by atoms with Crippen LogP contribution in [0.5, 0.6) is 5.75 Å². The lowest BCUT2D eigenvalue weighted by Crippen LogP contribution is -2.42. The number of allylic oxidation sites excluding steroid dienone is 1. The zero-order valence-corrected chi connectivity index (χ0v) is 30.0. The summed E-state index contributed by atoms with van der Waals surface area (Å²) in [5.41, 5.74) is 6.07. The molecule has 48 heavy (non-hydrogen) atoms. The van der Waals surface area contributed by atoms with E-state index in [0.29, 0.717) is 17.9 Å². The van der Waals surface area contributed by atoms with Gasteiger partial charge in [-0.15, -0.1) is 0 Å². The van der Waals surface area contributed by atoms with Crippen molar-refractivity contribution in [2.45, 2.75) is 86.4 Å². The second kappa shape index (κ2) is 22.6. The van der Waals surface area contributed by atoms with Gasteiger partial charge in [0.25, 0.3) is 0 Å². The number of aliphatic carboxylic acids is 1. The van der Waals surface area contributed by atoms with E-state index in [1.54, 1.807) is 39.2 Å². The van der Waals surface area contributed by atoms with Crippen molar-refractivity contribution in [1.82, 2.24) is 5.32 Å². The standard InChI is InChI=1S/C15H20FNO2.C13H23NO5.C8H9ClO/c1-11(4-2-3-5-15(17)19)14(18)10-12-6-8-13(16)9-7-12;1-8(2)6-10(11(16)17)19-12(18)13(4,5)7-14-9(3)15;1-6-3-4-8(10-2)7(9)5-6/h3,5-9,11,14,18H,2,4,10H2,1H3,(H2,17,19);8,10H,6-7H2,1-5H3,(H,14,15)(H,16,17);3-5H,1-2H3/b5-3+;;. The van der Waals surface area contributed by atoms with Crippen molar-refractivity contribution in [3.05, 3.63) is 76.6 Å². The molecular formula is C36H52ClFN2O8. The first-order valence-corrected chi connectivity index (χ1v) is 16.0. The second-order valence-electron chi connectivity index (χ2n) is 12.6. The van der Waals surface area contributed by atoms with E-state index in [4.69, 9.17) is 31.9 Å². The molecule has 0 radical (unpaired) electrons. The van der Waals surface area contributed by atoms with Crippen LogP contribution in [-0.2, 0) is 30.3 Å². The number of carboxylic acid groups (broad SMARTS) is 1. The number of amides is 2. The molecule has 12 heteroatoms. The lowest BCUT2D eigenvalue weighted by Gasteiger charge is -2.25. The molecular weight excluding hydrogens is 643 g/mol. The smallest absolute Gasteiger partial charge is 0.345 e. The number of rotatable bonds is 15. The number of aliphatic hydroxyl groups is 1. The number of esters is 1. The van der Waals surface area contributed by atoms with E-state index in [2.05, 4.69) is 5.32 Å². The number of halogens is 2. The van der Waals surface area contributed by atoms with Crippen molar-refractivity contribution in [2.75, 3.05) is 13.7 Å². The average Bonchev–Trinajstić information content (AvgIpc) is 2.99. The maximum absolute atomic E-state index is 12.7. The first-order valence-electron chi connectivity index (χ1n) is 15.7. The van der Waals surface area contributed by atoms with Crippen LogP contribution in [0, 0.1) is 30.0 Å². The van der Waals surface area contributed by atoms with Crippen LogP contribution >= 0.6 is 11.6 Å². The lowest BCUT2D eigenvalue weighted by molar-refractivity contribution is -0.171. The number of carboxylic acids is 1. The van der Waals surface area contributed by atoms with Crippen molar-refractivity contribution in [3.8, 4) is 5.75 Å². The Hall–Kier alpha value is -3.96. The van der Waals surface area contributed by atoms with Gasteiger partial charge in [0.15, 0.2) is 6.10 Å². The molecule has 0 spiro atoms. The number of nitrogens with two attached hydrogens (primary N) is 1. The largest absolute Gasteiger partial charge is 0.495 e. The van der Waals surface area contributed by atoms with Gasteiger partial charge < -0.3 is 30.7 Å². The molecule has 0 heterocycles. The number of nitrogens with one attached hydrogen (secondary N) is 1.